The molecule has 0 heterocycles. The lowest BCUT2D eigenvalue weighted by molar-refractivity contribution is 0.0415. The summed E-state index contributed by atoms with van der Waals surface area (Å²) >= 11 is 0. The topological polar surface area (TPSA) is 9.23 Å². The van der Waals surface area contributed by atoms with Crippen LogP contribution in [-0.2, 0) is 4.74 Å². The summed E-state index contributed by atoms with van der Waals surface area (Å²) in [5.41, 5.74) is 0. The number of methoxy groups -OCH3 is 1. The Labute approximate surface area is 69.4 Å². The Morgan fingerprint density at radius 1 is 1.27 bits per heavy atom. The van der Waals surface area contributed by atoms with E-state index < -0.39 is 0 Å². The second kappa shape index (κ2) is 4.55. The molecule has 0 radical (unpaired) electrons. The molecule has 11 heavy (non-hydrogen) atoms. The molecule has 0 amide bonds. The zero-order valence-electron chi connectivity index (χ0n) is 7.55. The highest BCUT2D eigenvalue weighted by Crippen LogP contribution is 2.27. The Hall–Kier alpha value is -0.300. The summed E-state index contributed by atoms with van der Waals surface area (Å²) in [5.74, 6) is 0.679. The maximum atomic E-state index is 5.41. The average Bonchev–Trinajstić information content (AvgIpc) is 2.06. The van der Waals surface area contributed by atoms with E-state index in [1.54, 1.807) is 0 Å². The monoisotopic (exact) mass is 154 g/mol. The van der Waals surface area contributed by atoms with Gasteiger partial charge < -0.3 is 4.74 Å². The molecular formula is C10H18O. The van der Waals surface area contributed by atoms with Crippen LogP contribution >= 0.6 is 0 Å². The van der Waals surface area contributed by atoms with Crippen molar-refractivity contribution in [3.8, 4) is 0 Å². The van der Waals surface area contributed by atoms with Crippen LogP contribution in [0.5, 0.6) is 0 Å². The highest BCUT2D eigenvalue weighted by atomic mass is 16.5. The third-order valence-electron chi connectivity index (χ3n) is 2.50. The van der Waals surface area contributed by atoms with Crippen molar-refractivity contribution in [2.75, 3.05) is 7.11 Å². The van der Waals surface area contributed by atoms with Crippen LogP contribution in [0.1, 0.15) is 32.6 Å². The van der Waals surface area contributed by atoms with Gasteiger partial charge in [-0.2, -0.15) is 0 Å². The van der Waals surface area contributed by atoms with E-state index in [1.165, 1.54) is 25.7 Å². The van der Waals surface area contributed by atoms with Gasteiger partial charge in [-0.05, 0) is 19.8 Å². The average molecular weight is 154 g/mol. The first-order valence-electron chi connectivity index (χ1n) is 4.54. The minimum Gasteiger partial charge on any atom is -0.381 e. The fraction of sp³-hybridized carbons (Fsp3) is 0.800. The molecule has 0 aromatic heterocycles. The second-order valence-electron chi connectivity index (χ2n) is 3.25. The van der Waals surface area contributed by atoms with Crippen molar-refractivity contribution >= 4 is 0 Å². The minimum absolute atomic E-state index is 0.486. The van der Waals surface area contributed by atoms with Crippen molar-refractivity contribution in [3.05, 3.63) is 12.2 Å². The van der Waals surface area contributed by atoms with Crippen LogP contribution in [0.25, 0.3) is 0 Å². The Balaban J connectivity index is 2.44. The molecule has 0 aliphatic heterocycles. The molecular weight excluding hydrogens is 136 g/mol. The van der Waals surface area contributed by atoms with Crippen LogP contribution in [0.2, 0.25) is 0 Å². The number of hydrogen-bond acceptors (Lipinski definition) is 1. The molecule has 0 N–H and O–H groups in total. The number of rotatable bonds is 2. The minimum atomic E-state index is 0.486. The number of ether oxygens (including phenoxy) is 1. The molecule has 0 aromatic carbocycles. The number of allylic oxidation sites excluding steroid dienone is 1. The molecule has 1 rings (SSSR count). The third kappa shape index (κ3) is 2.33. The second-order valence-corrected chi connectivity index (χ2v) is 3.25. The van der Waals surface area contributed by atoms with E-state index in [9.17, 15) is 0 Å². The Bertz CT molecular complexity index is 129. The molecule has 2 atom stereocenters. The Morgan fingerprint density at radius 3 is 2.64 bits per heavy atom. The molecule has 1 aliphatic carbocycles. The Morgan fingerprint density at radius 2 is 2.00 bits per heavy atom. The molecule has 0 aromatic rings. The first-order valence-corrected chi connectivity index (χ1v) is 4.54. The van der Waals surface area contributed by atoms with Crippen molar-refractivity contribution in [2.45, 2.75) is 38.7 Å². The van der Waals surface area contributed by atoms with E-state index in [4.69, 9.17) is 4.74 Å². The van der Waals surface area contributed by atoms with E-state index in [0.717, 1.165) is 0 Å². The van der Waals surface area contributed by atoms with E-state index >= 15 is 0 Å². The van der Waals surface area contributed by atoms with Crippen LogP contribution < -0.4 is 0 Å². The van der Waals surface area contributed by atoms with E-state index in [1.807, 2.05) is 7.11 Å². The van der Waals surface area contributed by atoms with Crippen LogP contribution in [-0.4, -0.2) is 13.2 Å². The summed E-state index contributed by atoms with van der Waals surface area (Å²) in [6.45, 7) is 2.08. The molecule has 1 aliphatic rings. The smallest absolute Gasteiger partial charge is 0.0633 e. The molecule has 1 saturated carbocycles. The molecule has 2 unspecified atom stereocenters. The highest BCUT2D eigenvalue weighted by Gasteiger charge is 2.21. The van der Waals surface area contributed by atoms with Gasteiger partial charge >= 0.3 is 0 Å². The van der Waals surface area contributed by atoms with Gasteiger partial charge in [-0.25, -0.2) is 0 Å². The first-order chi connectivity index (χ1) is 5.38. The van der Waals surface area contributed by atoms with Gasteiger partial charge in [0.1, 0.15) is 0 Å². The zero-order valence-corrected chi connectivity index (χ0v) is 7.55. The largest absolute Gasteiger partial charge is 0.381 e. The van der Waals surface area contributed by atoms with Gasteiger partial charge in [0.2, 0.25) is 0 Å². The van der Waals surface area contributed by atoms with Crippen molar-refractivity contribution in [1.29, 1.82) is 0 Å². The van der Waals surface area contributed by atoms with Crippen LogP contribution in [0.3, 0.4) is 0 Å². The summed E-state index contributed by atoms with van der Waals surface area (Å²) in [5, 5.41) is 0. The SMILES string of the molecule is C/C=C/C1CCCCC1OC. The summed E-state index contributed by atoms with van der Waals surface area (Å²) < 4.78 is 5.41. The lowest BCUT2D eigenvalue weighted by Gasteiger charge is -2.27. The molecule has 64 valence electrons. The van der Waals surface area contributed by atoms with Gasteiger partial charge in [0.25, 0.3) is 0 Å². The summed E-state index contributed by atoms with van der Waals surface area (Å²) in [6.07, 6.45) is 10.2. The fourth-order valence-corrected chi connectivity index (χ4v) is 1.89. The predicted molar refractivity (Wildman–Crippen MR) is 47.6 cm³/mol. The predicted octanol–water partition coefficient (Wildman–Crippen LogP) is 2.77. The standard InChI is InChI=1S/C10H18O/c1-3-6-9-7-4-5-8-10(9)11-2/h3,6,9-10H,4-5,7-8H2,1-2H3/b6-3+. The van der Waals surface area contributed by atoms with Crippen molar-refractivity contribution < 1.29 is 4.74 Å². The molecule has 0 spiro atoms. The van der Waals surface area contributed by atoms with Gasteiger partial charge in [0.15, 0.2) is 0 Å². The molecule has 1 nitrogen and oxygen atoms in total. The summed E-state index contributed by atoms with van der Waals surface area (Å²) in [6, 6.07) is 0. The van der Waals surface area contributed by atoms with Crippen molar-refractivity contribution in [3.63, 3.8) is 0 Å². The van der Waals surface area contributed by atoms with E-state index in [-0.39, 0.29) is 0 Å². The maximum absolute atomic E-state index is 5.41. The highest BCUT2D eigenvalue weighted by molar-refractivity contribution is 4.92. The molecule has 1 fully saturated rings. The third-order valence-corrected chi connectivity index (χ3v) is 2.50. The number of hydrogen-bond donors (Lipinski definition) is 0. The van der Waals surface area contributed by atoms with Gasteiger partial charge in [-0.3, -0.25) is 0 Å². The van der Waals surface area contributed by atoms with E-state index in [0.29, 0.717) is 12.0 Å². The summed E-state index contributed by atoms with van der Waals surface area (Å²) in [4.78, 5) is 0. The zero-order chi connectivity index (χ0) is 8.10. The van der Waals surface area contributed by atoms with Gasteiger partial charge in [-0.1, -0.05) is 25.0 Å². The van der Waals surface area contributed by atoms with Crippen molar-refractivity contribution in [2.24, 2.45) is 5.92 Å². The lowest BCUT2D eigenvalue weighted by atomic mass is 9.86. The van der Waals surface area contributed by atoms with Crippen LogP contribution in [0, 0.1) is 5.92 Å². The fourth-order valence-electron chi connectivity index (χ4n) is 1.89. The molecule has 0 saturated heterocycles. The van der Waals surface area contributed by atoms with Gasteiger partial charge in [-0.15, -0.1) is 0 Å². The molecule has 0 bridgehead atoms. The first kappa shape index (κ1) is 8.79. The quantitative estimate of drug-likeness (QED) is 0.556. The van der Waals surface area contributed by atoms with Gasteiger partial charge in [0, 0.05) is 13.0 Å². The maximum Gasteiger partial charge on any atom is 0.0633 e. The van der Waals surface area contributed by atoms with Crippen molar-refractivity contribution in [1.82, 2.24) is 0 Å². The van der Waals surface area contributed by atoms with E-state index in [2.05, 4.69) is 19.1 Å². The lowest BCUT2D eigenvalue weighted by Crippen LogP contribution is -2.24. The van der Waals surface area contributed by atoms with Gasteiger partial charge in [0.05, 0.1) is 6.10 Å². The normalized spacial score (nSPS) is 32.9. The Kier molecular flexibility index (Phi) is 3.64. The molecule has 1 heteroatoms. The van der Waals surface area contributed by atoms with Crippen LogP contribution in [0.4, 0.5) is 0 Å². The summed E-state index contributed by atoms with van der Waals surface area (Å²) in [7, 11) is 1.83. The van der Waals surface area contributed by atoms with Crippen LogP contribution in [0.15, 0.2) is 12.2 Å².